The SMILES string of the molecule is FC(F)(F)c1ccc(CN2CCC3(CC2)CC3)cc1. The number of alkyl halides is 3. The van der Waals surface area contributed by atoms with Crippen LogP contribution < -0.4 is 0 Å². The van der Waals surface area contributed by atoms with Crippen molar-refractivity contribution in [1.29, 1.82) is 0 Å². The lowest BCUT2D eigenvalue weighted by molar-refractivity contribution is -0.137. The van der Waals surface area contributed by atoms with E-state index in [4.69, 9.17) is 0 Å². The second kappa shape index (κ2) is 4.51. The van der Waals surface area contributed by atoms with Crippen molar-refractivity contribution in [2.24, 2.45) is 5.41 Å². The molecule has 1 saturated carbocycles. The van der Waals surface area contributed by atoms with Gasteiger partial charge in [-0.3, -0.25) is 4.90 Å². The number of hydrogen-bond acceptors (Lipinski definition) is 1. The van der Waals surface area contributed by atoms with Gasteiger partial charge in [0, 0.05) is 6.54 Å². The smallest absolute Gasteiger partial charge is 0.299 e. The predicted molar refractivity (Wildman–Crippen MR) is 67.6 cm³/mol. The van der Waals surface area contributed by atoms with E-state index in [0.717, 1.165) is 25.2 Å². The monoisotopic (exact) mass is 269 g/mol. The number of rotatable bonds is 2. The first-order valence-electron chi connectivity index (χ1n) is 6.85. The third kappa shape index (κ3) is 2.94. The van der Waals surface area contributed by atoms with Gasteiger partial charge in [-0.05, 0) is 61.9 Å². The second-order valence-electron chi connectivity index (χ2n) is 5.97. The van der Waals surface area contributed by atoms with Gasteiger partial charge in [-0.2, -0.15) is 13.2 Å². The van der Waals surface area contributed by atoms with E-state index in [9.17, 15) is 13.2 Å². The summed E-state index contributed by atoms with van der Waals surface area (Å²) in [7, 11) is 0. The molecule has 1 aromatic rings. The first-order chi connectivity index (χ1) is 8.97. The average Bonchev–Trinajstić information content (AvgIpc) is 3.12. The summed E-state index contributed by atoms with van der Waals surface area (Å²) in [4.78, 5) is 2.35. The Morgan fingerprint density at radius 1 is 0.947 bits per heavy atom. The number of piperidine rings is 1. The summed E-state index contributed by atoms with van der Waals surface area (Å²) < 4.78 is 37.4. The molecule has 4 heteroatoms. The maximum Gasteiger partial charge on any atom is 0.416 e. The van der Waals surface area contributed by atoms with E-state index in [2.05, 4.69) is 4.90 Å². The zero-order valence-electron chi connectivity index (χ0n) is 10.8. The molecule has 1 spiro atoms. The third-order valence-corrected chi connectivity index (χ3v) is 4.56. The van der Waals surface area contributed by atoms with Gasteiger partial charge in [0.05, 0.1) is 5.56 Å². The quantitative estimate of drug-likeness (QED) is 0.782. The van der Waals surface area contributed by atoms with Crippen molar-refractivity contribution < 1.29 is 13.2 Å². The molecule has 1 saturated heterocycles. The van der Waals surface area contributed by atoms with Crippen molar-refractivity contribution in [3.63, 3.8) is 0 Å². The van der Waals surface area contributed by atoms with Crippen molar-refractivity contribution in [3.8, 4) is 0 Å². The van der Waals surface area contributed by atoms with Crippen LogP contribution in [0.5, 0.6) is 0 Å². The number of hydrogen-bond donors (Lipinski definition) is 0. The zero-order valence-corrected chi connectivity index (χ0v) is 10.8. The van der Waals surface area contributed by atoms with Crippen molar-refractivity contribution in [2.45, 2.75) is 38.4 Å². The molecule has 0 bridgehead atoms. The van der Waals surface area contributed by atoms with E-state index in [1.165, 1.54) is 37.8 Å². The number of benzene rings is 1. The predicted octanol–water partition coefficient (Wildman–Crippen LogP) is 4.08. The van der Waals surface area contributed by atoms with Crippen LogP contribution in [0, 0.1) is 5.41 Å². The minimum absolute atomic E-state index is 0.563. The summed E-state index contributed by atoms with van der Waals surface area (Å²) in [5.41, 5.74) is 1.06. The fourth-order valence-electron chi connectivity index (χ4n) is 2.92. The van der Waals surface area contributed by atoms with Crippen molar-refractivity contribution in [1.82, 2.24) is 4.90 Å². The molecule has 104 valence electrons. The standard InChI is InChI=1S/C15H18F3N/c16-15(17,18)13-3-1-12(2-4-13)11-19-9-7-14(5-6-14)8-10-19/h1-4H,5-11H2. The Morgan fingerprint density at radius 2 is 1.53 bits per heavy atom. The van der Waals surface area contributed by atoms with Gasteiger partial charge >= 0.3 is 6.18 Å². The fourth-order valence-corrected chi connectivity index (χ4v) is 2.92. The van der Waals surface area contributed by atoms with Crippen LogP contribution in [-0.4, -0.2) is 18.0 Å². The van der Waals surface area contributed by atoms with Gasteiger partial charge in [-0.1, -0.05) is 12.1 Å². The van der Waals surface area contributed by atoms with Crippen LogP contribution >= 0.6 is 0 Å². The fraction of sp³-hybridized carbons (Fsp3) is 0.600. The van der Waals surface area contributed by atoms with Crippen molar-refractivity contribution in [2.75, 3.05) is 13.1 Å². The molecule has 3 rings (SSSR count). The van der Waals surface area contributed by atoms with E-state index in [-0.39, 0.29) is 0 Å². The first-order valence-corrected chi connectivity index (χ1v) is 6.85. The molecule has 0 amide bonds. The van der Waals surface area contributed by atoms with Crippen molar-refractivity contribution in [3.05, 3.63) is 35.4 Å². The maximum absolute atomic E-state index is 12.5. The van der Waals surface area contributed by atoms with Gasteiger partial charge in [-0.25, -0.2) is 0 Å². The molecule has 0 atom stereocenters. The topological polar surface area (TPSA) is 3.24 Å². The largest absolute Gasteiger partial charge is 0.416 e. The average molecular weight is 269 g/mol. The lowest BCUT2D eigenvalue weighted by Crippen LogP contribution is -2.33. The Morgan fingerprint density at radius 3 is 2.00 bits per heavy atom. The molecular weight excluding hydrogens is 251 g/mol. The number of halogens is 3. The Labute approximate surface area is 111 Å². The van der Waals surface area contributed by atoms with Crippen molar-refractivity contribution >= 4 is 0 Å². The van der Waals surface area contributed by atoms with Crippen LogP contribution in [0.3, 0.4) is 0 Å². The molecule has 1 aliphatic heterocycles. The lowest BCUT2D eigenvalue weighted by atomic mass is 9.93. The molecule has 0 aromatic heterocycles. The Kier molecular flexibility index (Phi) is 3.08. The molecule has 1 aromatic carbocycles. The zero-order chi connectivity index (χ0) is 13.5. The van der Waals surface area contributed by atoms with Crippen LogP contribution in [0.1, 0.15) is 36.8 Å². The molecule has 1 nitrogen and oxygen atoms in total. The van der Waals surface area contributed by atoms with Gasteiger partial charge in [0.2, 0.25) is 0 Å². The summed E-state index contributed by atoms with van der Waals surface area (Å²) in [5, 5.41) is 0. The van der Waals surface area contributed by atoms with E-state index in [0.29, 0.717) is 5.41 Å². The normalized spacial score (nSPS) is 22.7. The lowest BCUT2D eigenvalue weighted by Gasteiger charge is -2.32. The van der Waals surface area contributed by atoms with Gasteiger partial charge < -0.3 is 0 Å². The highest BCUT2D eigenvalue weighted by molar-refractivity contribution is 5.24. The van der Waals surface area contributed by atoms with Crippen LogP contribution in [0.4, 0.5) is 13.2 Å². The van der Waals surface area contributed by atoms with Gasteiger partial charge in [0.1, 0.15) is 0 Å². The van der Waals surface area contributed by atoms with E-state index >= 15 is 0 Å². The second-order valence-corrected chi connectivity index (χ2v) is 5.97. The summed E-state index contributed by atoms with van der Waals surface area (Å²) in [6.45, 7) is 2.94. The summed E-state index contributed by atoms with van der Waals surface area (Å²) in [5.74, 6) is 0. The number of likely N-dealkylation sites (tertiary alicyclic amines) is 1. The number of nitrogens with zero attached hydrogens (tertiary/aromatic N) is 1. The van der Waals surface area contributed by atoms with Gasteiger partial charge in [-0.15, -0.1) is 0 Å². The summed E-state index contributed by atoms with van der Waals surface area (Å²) in [6.07, 6.45) is 1.03. The Hall–Kier alpha value is -1.03. The minimum Gasteiger partial charge on any atom is -0.299 e. The molecule has 2 aliphatic rings. The molecule has 1 aliphatic carbocycles. The van der Waals surface area contributed by atoms with Crippen LogP contribution in [-0.2, 0) is 12.7 Å². The third-order valence-electron chi connectivity index (χ3n) is 4.56. The van der Waals surface area contributed by atoms with E-state index < -0.39 is 11.7 Å². The van der Waals surface area contributed by atoms with Gasteiger partial charge in [0.15, 0.2) is 0 Å². The summed E-state index contributed by atoms with van der Waals surface area (Å²) >= 11 is 0. The highest BCUT2D eigenvalue weighted by atomic mass is 19.4. The minimum atomic E-state index is -4.23. The van der Waals surface area contributed by atoms with E-state index in [1.807, 2.05) is 0 Å². The highest BCUT2D eigenvalue weighted by Gasteiger charge is 2.44. The van der Waals surface area contributed by atoms with Gasteiger partial charge in [0.25, 0.3) is 0 Å². The highest BCUT2D eigenvalue weighted by Crippen LogP contribution is 2.53. The molecule has 19 heavy (non-hydrogen) atoms. The molecule has 0 unspecified atom stereocenters. The maximum atomic E-state index is 12.5. The summed E-state index contributed by atoms with van der Waals surface area (Å²) in [6, 6.07) is 5.57. The molecule has 0 N–H and O–H groups in total. The first kappa shape index (κ1) is 13.0. The van der Waals surface area contributed by atoms with Crippen LogP contribution in [0.2, 0.25) is 0 Å². The Balaban J connectivity index is 1.58. The molecule has 1 heterocycles. The van der Waals surface area contributed by atoms with E-state index in [1.54, 1.807) is 12.1 Å². The van der Waals surface area contributed by atoms with Crippen LogP contribution in [0.25, 0.3) is 0 Å². The molecular formula is C15H18F3N. The molecule has 2 fully saturated rings. The Bertz CT molecular complexity index is 435. The van der Waals surface area contributed by atoms with Crippen LogP contribution in [0.15, 0.2) is 24.3 Å². The molecule has 0 radical (unpaired) electrons.